The number of hydrogen-bond acceptors (Lipinski definition) is 6. The Balaban J connectivity index is 2.14. The van der Waals surface area contributed by atoms with E-state index in [1.165, 1.54) is 4.88 Å². The average molecular weight is 295 g/mol. The Morgan fingerprint density at radius 3 is 3.00 bits per heavy atom. The van der Waals surface area contributed by atoms with Crippen LogP contribution in [0.25, 0.3) is 0 Å². The van der Waals surface area contributed by atoms with Gasteiger partial charge >= 0.3 is 0 Å². The van der Waals surface area contributed by atoms with Gasteiger partial charge in [0.05, 0.1) is 18.7 Å². The molecule has 0 radical (unpaired) electrons. The van der Waals surface area contributed by atoms with Gasteiger partial charge in [-0.15, -0.1) is 16.4 Å². The number of thiophene rings is 1. The van der Waals surface area contributed by atoms with E-state index >= 15 is 0 Å². The molecule has 20 heavy (non-hydrogen) atoms. The Kier molecular flexibility index (Phi) is 5.63. The quantitative estimate of drug-likeness (QED) is 0.755. The Bertz CT molecular complexity index is 499. The van der Waals surface area contributed by atoms with E-state index in [1.54, 1.807) is 18.4 Å². The number of ether oxygens (including phenoxy) is 1. The normalized spacial score (nSPS) is 14.3. The molecule has 7 heteroatoms. The topological polar surface area (TPSA) is 64.9 Å². The van der Waals surface area contributed by atoms with Gasteiger partial charge in [0.15, 0.2) is 5.82 Å². The molecule has 0 saturated carbocycles. The van der Waals surface area contributed by atoms with Crippen LogP contribution in [-0.4, -0.2) is 40.5 Å². The second kappa shape index (κ2) is 7.47. The number of methoxy groups -OCH3 is 1. The van der Waals surface area contributed by atoms with Crippen LogP contribution < -0.4 is 5.32 Å². The minimum Gasteiger partial charge on any atom is -0.383 e. The number of aromatic nitrogens is 4. The van der Waals surface area contributed by atoms with Crippen LogP contribution in [0.4, 0.5) is 0 Å². The van der Waals surface area contributed by atoms with Gasteiger partial charge in [-0.05, 0) is 35.2 Å². The minimum atomic E-state index is 0.0918. The SMILES string of the molecule is CCC(c1cccs1)n1nnnc1C(C)NCCOC. The second-order valence-corrected chi connectivity index (χ2v) is 5.57. The molecule has 0 saturated heterocycles. The molecule has 0 spiro atoms. The largest absolute Gasteiger partial charge is 0.383 e. The van der Waals surface area contributed by atoms with E-state index < -0.39 is 0 Å². The van der Waals surface area contributed by atoms with Crippen LogP contribution >= 0.6 is 11.3 Å². The van der Waals surface area contributed by atoms with Gasteiger partial charge in [0.2, 0.25) is 0 Å². The van der Waals surface area contributed by atoms with Gasteiger partial charge in [0.1, 0.15) is 0 Å². The zero-order valence-corrected chi connectivity index (χ0v) is 12.9. The Labute approximate surface area is 123 Å². The maximum absolute atomic E-state index is 5.05. The first-order chi connectivity index (χ1) is 9.77. The third kappa shape index (κ3) is 3.41. The summed E-state index contributed by atoms with van der Waals surface area (Å²) in [6.45, 7) is 5.67. The van der Waals surface area contributed by atoms with Gasteiger partial charge in [-0.2, -0.15) is 0 Å². The third-order valence-electron chi connectivity index (χ3n) is 3.22. The van der Waals surface area contributed by atoms with Crippen molar-refractivity contribution in [3.63, 3.8) is 0 Å². The van der Waals surface area contributed by atoms with Crippen molar-refractivity contribution in [2.75, 3.05) is 20.3 Å². The fourth-order valence-electron chi connectivity index (χ4n) is 2.15. The fraction of sp³-hybridized carbons (Fsp3) is 0.615. The third-order valence-corrected chi connectivity index (χ3v) is 4.19. The minimum absolute atomic E-state index is 0.0918. The van der Waals surface area contributed by atoms with E-state index in [-0.39, 0.29) is 12.1 Å². The van der Waals surface area contributed by atoms with Crippen LogP contribution in [0.1, 0.15) is 43.1 Å². The average Bonchev–Trinajstić information content (AvgIpc) is 3.11. The molecule has 0 bridgehead atoms. The Hall–Kier alpha value is -1.31. The highest BCUT2D eigenvalue weighted by Gasteiger charge is 2.21. The van der Waals surface area contributed by atoms with Crippen LogP contribution in [0, 0.1) is 0 Å². The van der Waals surface area contributed by atoms with Crippen LogP contribution in [0.2, 0.25) is 0 Å². The molecular formula is C13H21N5OS. The van der Waals surface area contributed by atoms with Crippen LogP contribution in [-0.2, 0) is 4.74 Å². The fourth-order valence-corrected chi connectivity index (χ4v) is 3.05. The molecule has 2 unspecified atom stereocenters. The van der Waals surface area contributed by atoms with Crippen molar-refractivity contribution in [2.45, 2.75) is 32.4 Å². The highest BCUT2D eigenvalue weighted by Crippen LogP contribution is 2.27. The molecule has 1 N–H and O–H groups in total. The van der Waals surface area contributed by atoms with Gasteiger partial charge in [0.25, 0.3) is 0 Å². The van der Waals surface area contributed by atoms with Gasteiger partial charge in [-0.25, -0.2) is 4.68 Å². The van der Waals surface area contributed by atoms with Crippen molar-refractivity contribution in [3.05, 3.63) is 28.2 Å². The van der Waals surface area contributed by atoms with E-state index in [4.69, 9.17) is 4.74 Å². The molecule has 2 aromatic heterocycles. The molecule has 0 aliphatic carbocycles. The lowest BCUT2D eigenvalue weighted by Gasteiger charge is -2.18. The first kappa shape index (κ1) is 15.1. The van der Waals surface area contributed by atoms with E-state index in [9.17, 15) is 0 Å². The zero-order chi connectivity index (χ0) is 14.4. The molecule has 0 aromatic carbocycles. The van der Waals surface area contributed by atoms with Gasteiger partial charge in [0, 0.05) is 18.5 Å². The molecule has 2 heterocycles. The summed E-state index contributed by atoms with van der Waals surface area (Å²) in [4.78, 5) is 1.28. The van der Waals surface area contributed by atoms with Crippen LogP contribution in [0.3, 0.4) is 0 Å². The molecule has 2 aromatic rings. The molecule has 0 aliphatic heterocycles. The highest BCUT2D eigenvalue weighted by molar-refractivity contribution is 7.10. The van der Waals surface area contributed by atoms with Crippen molar-refractivity contribution >= 4 is 11.3 Å². The lowest BCUT2D eigenvalue weighted by Crippen LogP contribution is -2.27. The monoisotopic (exact) mass is 295 g/mol. The molecule has 0 amide bonds. The van der Waals surface area contributed by atoms with E-state index in [2.05, 4.69) is 52.2 Å². The van der Waals surface area contributed by atoms with Crippen molar-refractivity contribution in [1.82, 2.24) is 25.5 Å². The molecule has 6 nitrogen and oxygen atoms in total. The molecule has 0 fully saturated rings. The van der Waals surface area contributed by atoms with Crippen molar-refractivity contribution in [1.29, 1.82) is 0 Å². The summed E-state index contributed by atoms with van der Waals surface area (Å²) in [5, 5.41) is 17.7. The Morgan fingerprint density at radius 1 is 1.50 bits per heavy atom. The van der Waals surface area contributed by atoms with Crippen molar-refractivity contribution in [3.8, 4) is 0 Å². The van der Waals surface area contributed by atoms with Crippen LogP contribution in [0.15, 0.2) is 17.5 Å². The number of rotatable bonds is 8. The Morgan fingerprint density at radius 2 is 2.35 bits per heavy atom. The predicted molar refractivity (Wildman–Crippen MR) is 78.9 cm³/mol. The van der Waals surface area contributed by atoms with E-state index in [1.807, 2.05) is 4.68 Å². The highest BCUT2D eigenvalue weighted by atomic mass is 32.1. The lowest BCUT2D eigenvalue weighted by atomic mass is 10.2. The molecule has 2 rings (SSSR count). The van der Waals surface area contributed by atoms with Crippen LogP contribution in [0.5, 0.6) is 0 Å². The van der Waals surface area contributed by atoms with Crippen molar-refractivity contribution < 1.29 is 4.74 Å². The summed E-state index contributed by atoms with van der Waals surface area (Å²) in [5.74, 6) is 0.862. The van der Waals surface area contributed by atoms with Gasteiger partial charge in [-0.3, -0.25) is 0 Å². The molecule has 0 aliphatic rings. The summed E-state index contributed by atoms with van der Waals surface area (Å²) in [7, 11) is 1.69. The lowest BCUT2D eigenvalue weighted by molar-refractivity contribution is 0.195. The van der Waals surface area contributed by atoms with Gasteiger partial charge in [-0.1, -0.05) is 13.0 Å². The summed E-state index contributed by atoms with van der Waals surface area (Å²) in [5.41, 5.74) is 0. The smallest absolute Gasteiger partial charge is 0.168 e. The van der Waals surface area contributed by atoms with Crippen molar-refractivity contribution in [2.24, 2.45) is 0 Å². The predicted octanol–water partition coefficient (Wildman–Crippen LogP) is 2.03. The second-order valence-electron chi connectivity index (χ2n) is 4.59. The number of nitrogens with one attached hydrogen (secondary N) is 1. The number of nitrogens with zero attached hydrogens (tertiary/aromatic N) is 4. The summed E-state index contributed by atoms with van der Waals surface area (Å²) >= 11 is 1.74. The number of tetrazole rings is 1. The van der Waals surface area contributed by atoms with E-state index in [0.717, 1.165) is 18.8 Å². The first-order valence-corrected chi connectivity index (χ1v) is 7.69. The summed E-state index contributed by atoms with van der Waals surface area (Å²) < 4.78 is 6.97. The molecular weight excluding hydrogens is 274 g/mol. The van der Waals surface area contributed by atoms with E-state index in [0.29, 0.717) is 6.61 Å². The number of hydrogen-bond donors (Lipinski definition) is 1. The zero-order valence-electron chi connectivity index (χ0n) is 12.1. The molecule has 110 valence electrons. The summed E-state index contributed by atoms with van der Waals surface area (Å²) in [6.07, 6.45) is 0.962. The summed E-state index contributed by atoms with van der Waals surface area (Å²) in [6, 6.07) is 4.49. The molecule has 2 atom stereocenters. The standard InChI is InChI=1S/C13H21N5OS/c1-4-11(12-6-5-9-20-12)18-13(15-16-17-18)10(2)14-7-8-19-3/h5-6,9-11,14H,4,7-8H2,1-3H3. The first-order valence-electron chi connectivity index (χ1n) is 6.81. The van der Waals surface area contributed by atoms with Gasteiger partial charge < -0.3 is 10.1 Å². The maximum atomic E-state index is 5.05. The maximum Gasteiger partial charge on any atom is 0.168 e.